The van der Waals surface area contributed by atoms with Gasteiger partial charge in [0.25, 0.3) is 0 Å². The molecule has 120 valence electrons. The molecule has 0 amide bonds. The van der Waals surface area contributed by atoms with E-state index in [1.165, 1.54) is 5.56 Å². The minimum atomic E-state index is -0.957. The number of aliphatic carboxylic acids is 1. The Morgan fingerprint density at radius 3 is 2.70 bits per heavy atom. The van der Waals surface area contributed by atoms with Crippen LogP contribution in [0, 0.1) is 0 Å². The van der Waals surface area contributed by atoms with Crippen LogP contribution in [-0.2, 0) is 11.3 Å². The second-order valence-electron chi connectivity index (χ2n) is 5.88. The molecule has 0 aliphatic carbocycles. The van der Waals surface area contributed by atoms with Gasteiger partial charge in [-0.2, -0.15) is 0 Å². The van der Waals surface area contributed by atoms with Crippen molar-refractivity contribution in [2.45, 2.75) is 25.5 Å². The van der Waals surface area contributed by atoms with E-state index in [0.717, 1.165) is 25.2 Å². The van der Waals surface area contributed by atoms with Crippen LogP contribution in [0.25, 0.3) is 0 Å². The molecule has 0 saturated carbocycles. The SMILES string of the molecule is C[C@H](Oc1ccccc1CN1CC(c2ccncc2)C1)C(=O)O. The zero-order chi connectivity index (χ0) is 16.2. The highest BCUT2D eigenvalue weighted by Crippen LogP contribution is 2.30. The van der Waals surface area contributed by atoms with Gasteiger partial charge in [-0.25, -0.2) is 4.79 Å². The Kier molecular flexibility index (Phi) is 4.57. The third-order valence-corrected chi connectivity index (χ3v) is 4.15. The van der Waals surface area contributed by atoms with Crippen LogP contribution in [0.3, 0.4) is 0 Å². The van der Waals surface area contributed by atoms with Gasteiger partial charge in [-0.15, -0.1) is 0 Å². The number of hydrogen-bond donors (Lipinski definition) is 1. The van der Waals surface area contributed by atoms with E-state index in [1.54, 1.807) is 6.92 Å². The summed E-state index contributed by atoms with van der Waals surface area (Å²) in [5.74, 6) is 0.236. The van der Waals surface area contributed by atoms with E-state index in [2.05, 4.69) is 22.0 Å². The van der Waals surface area contributed by atoms with Crippen LogP contribution in [-0.4, -0.2) is 40.2 Å². The first-order valence-electron chi connectivity index (χ1n) is 7.73. The number of carboxylic acid groups (broad SMARTS) is 1. The number of benzene rings is 1. The first kappa shape index (κ1) is 15.5. The lowest BCUT2D eigenvalue weighted by atomic mass is 9.92. The smallest absolute Gasteiger partial charge is 0.344 e. The Labute approximate surface area is 135 Å². The lowest BCUT2D eigenvalue weighted by Crippen LogP contribution is -2.44. The predicted molar refractivity (Wildman–Crippen MR) is 86.4 cm³/mol. The summed E-state index contributed by atoms with van der Waals surface area (Å²) in [4.78, 5) is 17.3. The lowest BCUT2D eigenvalue weighted by molar-refractivity contribution is -0.144. The van der Waals surface area contributed by atoms with Crippen LogP contribution in [0.4, 0.5) is 0 Å². The molecule has 1 aromatic carbocycles. The van der Waals surface area contributed by atoms with Gasteiger partial charge in [-0.3, -0.25) is 9.88 Å². The summed E-state index contributed by atoms with van der Waals surface area (Å²) in [5, 5.41) is 8.99. The molecule has 1 aliphatic heterocycles. The van der Waals surface area contributed by atoms with Crippen molar-refractivity contribution in [3.8, 4) is 5.75 Å². The van der Waals surface area contributed by atoms with Gasteiger partial charge >= 0.3 is 5.97 Å². The van der Waals surface area contributed by atoms with Gasteiger partial charge in [-0.1, -0.05) is 18.2 Å². The van der Waals surface area contributed by atoms with Crippen LogP contribution < -0.4 is 4.74 Å². The Bertz CT molecular complexity index is 669. The second-order valence-corrected chi connectivity index (χ2v) is 5.88. The highest BCUT2D eigenvalue weighted by Gasteiger charge is 2.28. The molecule has 1 aliphatic rings. The standard InChI is InChI=1S/C18H20N2O3/c1-13(18(21)22)23-17-5-3-2-4-15(17)10-20-11-16(12-20)14-6-8-19-9-7-14/h2-9,13,16H,10-12H2,1H3,(H,21,22)/t13-/m0/s1. The summed E-state index contributed by atoms with van der Waals surface area (Å²) >= 11 is 0. The van der Waals surface area contributed by atoms with E-state index in [4.69, 9.17) is 9.84 Å². The second kappa shape index (κ2) is 6.79. The van der Waals surface area contributed by atoms with Gasteiger partial charge in [0.1, 0.15) is 5.75 Å². The number of para-hydroxylation sites is 1. The number of aromatic nitrogens is 1. The quantitative estimate of drug-likeness (QED) is 0.888. The molecule has 1 atom stereocenters. The predicted octanol–water partition coefficient (Wildman–Crippen LogP) is 2.53. The van der Waals surface area contributed by atoms with E-state index in [9.17, 15) is 4.79 Å². The average molecular weight is 312 g/mol. The van der Waals surface area contributed by atoms with Crippen LogP contribution in [0.15, 0.2) is 48.8 Å². The number of nitrogens with zero attached hydrogens (tertiary/aromatic N) is 2. The normalized spacial score (nSPS) is 16.6. The van der Waals surface area contributed by atoms with Crippen molar-refractivity contribution < 1.29 is 14.6 Å². The van der Waals surface area contributed by atoms with Crippen molar-refractivity contribution in [2.24, 2.45) is 0 Å². The van der Waals surface area contributed by atoms with Crippen LogP contribution in [0.1, 0.15) is 24.0 Å². The van der Waals surface area contributed by atoms with Crippen molar-refractivity contribution in [3.05, 3.63) is 59.9 Å². The van der Waals surface area contributed by atoms with Gasteiger partial charge in [-0.05, 0) is 30.7 Å². The van der Waals surface area contributed by atoms with Crippen molar-refractivity contribution in [1.82, 2.24) is 9.88 Å². The summed E-state index contributed by atoms with van der Waals surface area (Å²) in [7, 11) is 0. The van der Waals surface area contributed by atoms with E-state index >= 15 is 0 Å². The van der Waals surface area contributed by atoms with Crippen molar-refractivity contribution in [3.63, 3.8) is 0 Å². The number of pyridine rings is 1. The summed E-state index contributed by atoms with van der Waals surface area (Å²) in [6.07, 6.45) is 2.81. The number of likely N-dealkylation sites (tertiary alicyclic amines) is 1. The average Bonchev–Trinajstić information content (AvgIpc) is 2.52. The number of rotatable bonds is 6. The zero-order valence-corrected chi connectivity index (χ0v) is 13.1. The van der Waals surface area contributed by atoms with Crippen LogP contribution in [0.2, 0.25) is 0 Å². The van der Waals surface area contributed by atoms with Gasteiger partial charge in [0, 0.05) is 43.5 Å². The maximum atomic E-state index is 11.0. The third-order valence-electron chi connectivity index (χ3n) is 4.15. The Morgan fingerprint density at radius 1 is 1.30 bits per heavy atom. The molecule has 23 heavy (non-hydrogen) atoms. The van der Waals surface area contributed by atoms with Gasteiger partial charge in [0.2, 0.25) is 0 Å². The molecule has 1 aromatic heterocycles. The summed E-state index contributed by atoms with van der Waals surface area (Å²) in [6.45, 7) is 4.30. The molecule has 2 aromatic rings. The zero-order valence-electron chi connectivity index (χ0n) is 13.1. The maximum absolute atomic E-state index is 11.0. The molecule has 0 unspecified atom stereocenters. The molecule has 0 bridgehead atoms. The summed E-state index contributed by atoms with van der Waals surface area (Å²) < 4.78 is 5.55. The first-order chi connectivity index (χ1) is 11.1. The van der Waals surface area contributed by atoms with Gasteiger partial charge in [0.05, 0.1) is 0 Å². The molecule has 1 N–H and O–H groups in total. The minimum absolute atomic E-state index is 0.545. The fraction of sp³-hybridized carbons (Fsp3) is 0.333. The molecule has 0 spiro atoms. The minimum Gasteiger partial charge on any atom is -0.479 e. The van der Waals surface area contributed by atoms with E-state index in [1.807, 2.05) is 36.7 Å². The van der Waals surface area contributed by atoms with Crippen LogP contribution >= 0.6 is 0 Å². The van der Waals surface area contributed by atoms with Crippen molar-refractivity contribution in [2.75, 3.05) is 13.1 Å². The fourth-order valence-corrected chi connectivity index (χ4v) is 2.78. The molecule has 1 saturated heterocycles. The summed E-state index contributed by atoms with van der Waals surface area (Å²) in [5.41, 5.74) is 2.34. The third kappa shape index (κ3) is 3.68. The number of carbonyl (C=O) groups is 1. The number of ether oxygens (including phenoxy) is 1. The molecule has 0 radical (unpaired) electrons. The van der Waals surface area contributed by atoms with E-state index in [0.29, 0.717) is 11.7 Å². The Balaban J connectivity index is 1.60. The monoisotopic (exact) mass is 312 g/mol. The highest BCUT2D eigenvalue weighted by atomic mass is 16.5. The van der Waals surface area contributed by atoms with Crippen molar-refractivity contribution >= 4 is 5.97 Å². The molecule has 3 rings (SSSR count). The largest absolute Gasteiger partial charge is 0.479 e. The highest BCUT2D eigenvalue weighted by molar-refractivity contribution is 5.72. The van der Waals surface area contributed by atoms with E-state index < -0.39 is 12.1 Å². The Hall–Kier alpha value is -2.40. The number of carboxylic acids is 1. The molecule has 5 nitrogen and oxygen atoms in total. The molecule has 5 heteroatoms. The fourth-order valence-electron chi connectivity index (χ4n) is 2.78. The lowest BCUT2D eigenvalue weighted by Gasteiger charge is -2.39. The first-order valence-corrected chi connectivity index (χ1v) is 7.73. The van der Waals surface area contributed by atoms with Crippen LogP contribution in [0.5, 0.6) is 5.75 Å². The van der Waals surface area contributed by atoms with Crippen molar-refractivity contribution in [1.29, 1.82) is 0 Å². The molecular formula is C18H20N2O3. The Morgan fingerprint density at radius 2 is 2.00 bits per heavy atom. The maximum Gasteiger partial charge on any atom is 0.344 e. The van der Waals surface area contributed by atoms with E-state index in [-0.39, 0.29) is 0 Å². The van der Waals surface area contributed by atoms with Gasteiger partial charge < -0.3 is 9.84 Å². The molecule has 2 heterocycles. The number of hydrogen-bond acceptors (Lipinski definition) is 4. The topological polar surface area (TPSA) is 62.7 Å². The summed E-state index contributed by atoms with van der Waals surface area (Å²) in [6, 6.07) is 11.8. The molecular weight excluding hydrogens is 292 g/mol. The van der Waals surface area contributed by atoms with Gasteiger partial charge in [0.15, 0.2) is 6.10 Å². The molecule has 1 fully saturated rings.